The highest BCUT2D eigenvalue weighted by atomic mass is 16.5. The fraction of sp³-hybridized carbons (Fsp3) is 0.286. The summed E-state index contributed by atoms with van der Waals surface area (Å²) in [4.78, 5) is 35.5. The summed E-state index contributed by atoms with van der Waals surface area (Å²) in [5.41, 5.74) is 3.16. The molecule has 3 aromatic heterocycles. The summed E-state index contributed by atoms with van der Waals surface area (Å²) < 4.78 is 6.99. The van der Waals surface area contributed by atoms with Crippen LogP contribution < -0.4 is 0 Å². The number of aromatic nitrogens is 4. The van der Waals surface area contributed by atoms with Crippen molar-refractivity contribution in [1.29, 1.82) is 0 Å². The van der Waals surface area contributed by atoms with Crippen LogP contribution >= 0.6 is 0 Å². The van der Waals surface area contributed by atoms with Gasteiger partial charge in [-0.15, -0.1) is 0 Å². The number of fused-ring (bicyclic) bond motifs is 1. The van der Waals surface area contributed by atoms with Gasteiger partial charge >= 0.3 is 5.97 Å². The highest BCUT2D eigenvalue weighted by Crippen LogP contribution is 2.25. The van der Waals surface area contributed by atoms with Crippen LogP contribution in [-0.4, -0.2) is 49.7 Å². The Morgan fingerprint density at radius 3 is 2.59 bits per heavy atom. The molecule has 0 unspecified atom stereocenters. The summed E-state index contributed by atoms with van der Waals surface area (Å²) in [6, 6.07) is 10.9. The molecule has 0 atom stereocenters. The molecule has 0 bridgehead atoms. The number of carbonyl (C=O) groups excluding carboxylic acids is 2. The molecule has 4 rings (SSSR count). The second kappa shape index (κ2) is 8.22. The number of rotatable bonds is 5. The van der Waals surface area contributed by atoms with Crippen molar-refractivity contribution >= 4 is 11.9 Å². The predicted octanol–water partition coefficient (Wildman–Crippen LogP) is 2.10. The zero-order valence-corrected chi connectivity index (χ0v) is 16.1. The van der Waals surface area contributed by atoms with Gasteiger partial charge in [0.05, 0.1) is 25.4 Å². The zero-order chi connectivity index (χ0) is 20.2. The predicted molar refractivity (Wildman–Crippen MR) is 104 cm³/mol. The quantitative estimate of drug-likeness (QED) is 0.619. The molecule has 0 aliphatic carbocycles. The van der Waals surface area contributed by atoms with E-state index in [2.05, 4.69) is 15.1 Å². The van der Waals surface area contributed by atoms with Crippen LogP contribution in [0.2, 0.25) is 0 Å². The Hall–Kier alpha value is -3.55. The standard InChI is InChI=1S/C21H21N5O3/c1-2-29-21(28)19-16-14-25(20(27)17-8-4-6-11-23-17)12-9-18(16)26(24-19)13-15-7-3-5-10-22-15/h3-8,10-11H,2,9,12-14H2,1H3. The minimum absolute atomic E-state index is 0.163. The summed E-state index contributed by atoms with van der Waals surface area (Å²) >= 11 is 0. The maximum atomic E-state index is 12.8. The van der Waals surface area contributed by atoms with Gasteiger partial charge in [0.15, 0.2) is 5.69 Å². The van der Waals surface area contributed by atoms with Crippen LogP contribution in [-0.2, 0) is 24.2 Å². The van der Waals surface area contributed by atoms with Crippen LogP contribution in [0.5, 0.6) is 0 Å². The molecule has 0 N–H and O–H groups in total. The number of hydrogen-bond acceptors (Lipinski definition) is 6. The first kappa shape index (κ1) is 18.8. The SMILES string of the molecule is CCOC(=O)c1nn(Cc2ccccn2)c2c1CN(C(=O)c1ccccn1)CC2. The molecule has 29 heavy (non-hydrogen) atoms. The van der Waals surface area contributed by atoms with Crippen molar-refractivity contribution in [3.05, 3.63) is 77.1 Å². The Labute approximate surface area is 168 Å². The number of carbonyl (C=O) groups is 2. The van der Waals surface area contributed by atoms with Gasteiger partial charge in [0.25, 0.3) is 5.91 Å². The molecular weight excluding hydrogens is 370 g/mol. The number of nitrogens with zero attached hydrogens (tertiary/aromatic N) is 5. The lowest BCUT2D eigenvalue weighted by Gasteiger charge is -2.27. The number of hydrogen-bond donors (Lipinski definition) is 0. The van der Waals surface area contributed by atoms with Gasteiger partial charge in [-0.25, -0.2) is 4.79 Å². The molecule has 4 heterocycles. The fourth-order valence-corrected chi connectivity index (χ4v) is 3.45. The first-order valence-corrected chi connectivity index (χ1v) is 9.53. The smallest absolute Gasteiger partial charge is 0.359 e. The average Bonchev–Trinajstić information content (AvgIpc) is 3.12. The maximum absolute atomic E-state index is 12.8. The van der Waals surface area contributed by atoms with Crippen molar-refractivity contribution < 1.29 is 14.3 Å². The van der Waals surface area contributed by atoms with Gasteiger partial charge in [0.1, 0.15) is 5.69 Å². The number of esters is 1. The minimum Gasteiger partial charge on any atom is -0.461 e. The van der Waals surface area contributed by atoms with E-state index >= 15 is 0 Å². The van der Waals surface area contributed by atoms with E-state index in [1.165, 1.54) is 0 Å². The lowest BCUT2D eigenvalue weighted by Crippen LogP contribution is -2.37. The fourth-order valence-electron chi connectivity index (χ4n) is 3.45. The number of amides is 1. The summed E-state index contributed by atoms with van der Waals surface area (Å²) in [6.45, 7) is 3.29. The topological polar surface area (TPSA) is 90.2 Å². The normalized spacial score (nSPS) is 13.1. The lowest BCUT2D eigenvalue weighted by atomic mass is 10.0. The van der Waals surface area contributed by atoms with Gasteiger partial charge in [-0.05, 0) is 31.2 Å². The third kappa shape index (κ3) is 3.87. The van der Waals surface area contributed by atoms with Crippen LogP contribution in [0.3, 0.4) is 0 Å². The highest BCUT2D eigenvalue weighted by Gasteiger charge is 2.31. The van der Waals surface area contributed by atoms with Gasteiger partial charge in [-0.1, -0.05) is 12.1 Å². The Morgan fingerprint density at radius 2 is 1.90 bits per heavy atom. The summed E-state index contributed by atoms with van der Waals surface area (Å²) in [7, 11) is 0. The molecule has 148 valence electrons. The summed E-state index contributed by atoms with van der Waals surface area (Å²) in [5.74, 6) is -0.640. The Balaban J connectivity index is 1.66. The molecule has 1 aliphatic rings. The van der Waals surface area contributed by atoms with Crippen molar-refractivity contribution in [2.75, 3.05) is 13.2 Å². The summed E-state index contributed by atoms with van der Waals surface area (Å²) in [5, 5.41) is 4.52. The second-order valence-corrected chi connectivity index (χ2v) is 6.66. The van der Waals surface area contributed by atoms with Gasteiger partial charge < -0.3 is 9.64 Å². The Bertz CT molecular complexity index is 1020. The van der Waals surface area contributed by atoms with Crippen LogP contribution in [0.4, 0.5) is 0 Å². The molecule has 0 saturated carbocycles. The molecule has 1 aliphatic heterocycles. The third-order valence-corrected chi connectivity index (χ3v) is 4.81. The molecular formula is C21H21N5O3. The van der Waals surface area contributed by atoms with E-state index in [4.69, 9.17) is 4.74 Å². The van der Waals surface area contributed by atoms with E-state index in [-0.39, 0.29) is 18.2 Å². The van der Waals surface area contributed by atoms with Gasteiger partial charge in [0.2, 0.25) is 0 Å². The van der Waals surface area contributed by atoms with Crippen LogP contribution in [0.25, 0.3) is 0 Å². The largest absolute Gasteiger partial charge is 0.461 e. The first-order valence-electron chi connectivity index (χ1n) is 9.53. The van der Waals surface area contributed by atoms with Gasteiger partial charge in [0, 0.05) is 36.6 Å². The van der Waals surface area contributed by atoms with Crippen LogP contribution in [0.15, 0.2) is 48.8 Å². The van der Waals surface area contributed by atoms with E-state index in [0.717, 1.165) is 17.0 Å². The number of ether oxygens (including phenoxy) is 1. The Morgan fingerprint density at radius 1 is 1.10 bits per heavy atom. The first-order chi connectivity index (χ1) is 14.2. The average molecular weight is 391 g/mol. The Kier molecular flexibility index (Phi) is 5.33. The van der Waals surface area contributed by atoms with E-state index in [1.807, 2.05) is 18.2 Å². The van der Waals surface area contributed by atoms with Gasteiger partial charge in [-0.3, -0.25) is 19.4 Å². The van der Waals surface area contributed by atoms with Gasteiger partial charge in [-0.2, -0.15) is 5.10 Å². The molecule has 0 fully saturated rings. The van der Waals surface area contributed by atoms with Crippen LogP contribution in [0, 0.1) is 0 Å². The van der Waals surface area contributed by atoms with Crippen LogP contribution in [0.1, 0.15) is 44.9 Å². The van der Waals surface area contributed by atoms with E-state index < -0.39 is 5.97 Å². The van der Waals surface area contributed by atoms with E-state index in [0.29, 0.717) is 31.7 Å². The molecule has 0 aromatic carbocycles. The van der Waals surface area contributed by atoms with Crippen molar-refractivity contribution in [3.8, 4) is 0 Å². The molecule has 0 saturated heterocycles. The second-order valence-electron chi connectivity index (χ2n) is 6.66. The third-order valence-electron chi connectivity index (χ3n) is 4.81. The molecule has 3 aromatic rings. The van der Waals surface area contributed by atoms with E-state index in [1.54, 1.807) is 47.1 Å². The van der Waals surface area contributed by atoms with Crippen molar-refractivity contribution in [3.63, 3.8) is 0 Å². The lowest BCUT2D eigenvalue weighted by molar-refractivity contribution is 0.0513. The van der Waals surface area contributed by atoms with Crippen molar-refractivity contribution in [2.24, 2.45) is 0 Å². The van der Waals surface area contributed by atoms with E-state index in [9.17, 15) is 9.59 Å². The summed E-state index contributed by atoms with van der Waals surface area (Å²) in [6.07, 6.45) is 3.91. The molecule has 8 nitrogen and oxygen atoms in total. The monoisotopic (exact) mass is 391 g/mol. The molecule has 8 heteroatoms. The van der Waals surface area contributed by atoms with Crippen molar-refractivity contribution in [1.82, 2.24) is 24.6 Å². The minimum atomic E-state index is -0.476. The number of pyridine rings is 2. The zero-order valence-electron chi connectivity index (χ0n) is 16.1. The molecule has 0 radical (unpaired) electrons. The molecule has 0 spiro atoms. The maximum Gasteiger partial charge on any atom is 0.359 e. The molecule has 1 amide bonds. The van der Waals surface area contributed by atoms with Crippen molar-refractivity contribution in [2.45, 2.75) is 26.4 Å². The highest BCUT2D eigenvalue weighted by molar-refractivity contribution is 5.93.